The van der Waals surface area contributed by atoms with Crippen molar-refractivity contribution in [2.75, 3.05) is 6.61 Å². The number of ether oxygens (including phenoxy) is 2. The van der Waals surface area contributed by atoms with Crippen LogP contribution in [0.25, 0.3) is 0 Å². The van der Waals surface area contributed by atoms with E-state index >= 15 is 0 Å². The zero-order valence-electron chi connectivity index (χ0n) is 9.40. The lowest BCUT2D eigenvalue weighted by Gasteiger charge is -2.14. The van der Waals surface area contributed by atoms with Crippen molar-refractivity contribution < 1.29 is 14.3 Å². The number of benzene rings is 1. The molecule has 1 aromatic carbocycles. The highest BCUT2D eigenvalue weighted by molar-refractivity contribution is 5.60. The predicted octanol–water partition coefficient (Wildman–Crippen LogP) is 2.90. The van der Waals surface area contributed by atoms with E-state index in [0.29, 0.717) is 6.61 Å². The molecule has 0 fully saturated rings. The lowest BCUT2D eigenvalue weighted by molar-refractivity contribution is 0.0316. The second kappa shape index (κ2) is 5.82. The summed E-state index contributed by atoms with van der Waals surface area (Å²) in [6.45, 7) is 3.77. The number of carbonyl (C=O) groups excluding carboxylic acids is 1. The Balaban J connectivity index is 2.77. The molecule has 1 aromatic rings. The number of terminal acetylenes is 1. The largest absolute Gasteiger partial charge is 0.508 e. The Labute approximate surface area is 95.4 Å². The molecule has 84 valence electrons. The van der Waals surface area contributed by atoms with Gasteiger partial charge in [-0.3, -0.25) is 0 Å². The quantitative estimate of drug-likeness (QED) is 0.578. The standard InChI is InChI=1S/C13H14O3/c1-4-11-8-6-7-9-12(11)10(3)16-13(14)15-5-2/h1,6-10H,5H2,2-3H3. The fourth-order valence-corrected chi connectivity index (χ4v) is 1.34. The molecule has 0 aliphatic heterocycles. The first kappa shape index (κ1) is 12.1. The first-order valence-electron chi connectivity index (χ1n) is 5.08. The summed E-state index contributed by atoms with van der Waals surface area (Å²) < 4.78 is 9.76. The van der Waals surface area contributed by atoms with Crippen LogP contribution >= 0.6 is 0 Å². The minimum Gasteiger partial charge on any atom is -0.435 e. The number of carbonyl (C=O) groups is 1. The molecule has 0 heterocycles. The molecule has 16 heavy (non-hydrogen) atoms. The molecule has 0 saturated carbocycles. The molecular weight excluding hydrogens is 204 g/mol. The van der Waals surface area contributed by atoms with E-state index < -0.39 is 12.3 Å². The van der Waals surface area contributed by atoms with Crippen LogP contribution in [-0.4, -0.2) is 12.8 Å². The van der Waals surface area contributed by atoms with Gasteiger partial charge >= 0.3 is 6.16 Å². The van der Waals surface area contributed by atoms with Gasteiger partial charge in [-0.1, -0.05) is 24.1 Å². The fourth-order valence-electron chi connectivity index (χ4n) is 1.34. The van der Waals surface area contributed by atoms with Gasteiger partial charge in [0.25, 0.3) is 0 Å². The molecular formula is C13H14O3. The maximum atomic E-state index is 11.1. The van der Waals surface area contributed by atoms with Crippen molar-refractivity contribution in [3.63, 3.8) is 0 Å². The summed E-state index contributed by atoms with van der Waals surface area (Å²) >= 11 is 0. The van der Waals surface area contributed by atoms with Gasteiger partial charge in [-0.2, -0.15) is 0 Å². The van der Waals surface area contributed by atoms with Crippen LogP contribution in [0, 0.1) is 12.3 Å². The number of hydrogen-bond acceptors (Lipinski definition) is 3. The Kier molecular flexibility index (Phi) is 4.41. The summed E-state index contributed by atoms with van der Waals surface area (Å²) in [5.41, 5.74) is 1.53. The van der Waals surface area contributed by atoms with Crippen molar-refractivity contribution in [2.24, 2.45) is 0 Å². The summed E-state index contributed by atoms with van der Waals surface area (Å²) in [5, 5.41) is 0. The summed E-state index contributed by atoms with van der Waals surface area (Å²) in [7, 11) is 0. The maximum Gasteiger partial charge on any atom is 0.508 e. The van der Waals surface area contributed by atoms with Gasteiger partial charge in [0.15, 0.2) is 0 Å². The molecule has 3 heteroatoms. The van der Waals surface area contributed by atoms with Crippen LogP contribution in [0.4, 0.5) is 4.79 Å². The molecule has 0 spiro atoms. The summed E-state index contributed by atoms with van der Waals surface area (Å²) in [6.07, 6.45) is 4.27. The molecule has 0 bridgehead atoms. The summed E-state index contributed by atoms with van der Waals surface area (Å²) in [6, 6.07) is 7.33. The van der Waals surface area contributed by atoms with E-state index in [1.807, 2.05) is 18.2 Å². The normalized spacial score (nSPS) is 11.3. The lowest BCUT2D eigenvalue weighted by Crippen LogP contribution is -2.11. The van der Waals surface area contributed by atoms with Gasteiger partial charge in [0.05, 0.1) is 6.61 Å². The molecule has 1 rings (SSSR count). The van der Waals surface area contributed by atoms with E-state index in [1.165, 1.54) is 0 Å². The average molecular weight is 218 g/mol. The predicted molar refractivity (Wildman–Crippen MR) is 60.9 cm³/mol. The van der Waals surface area contributed by atoms with Gasteiger partial charge in [-0.15, -0.1) is 6.42 Å². The van der Waals surface area contributed by atoms with E-state index in [-0.39, 0.29) is 0 Å². The van der Waals surface area contributed by atoms with Crippen molar-refractivity contribution in [2.45, 2.75) is 20.0 Å². The maximum absolute atomic E-state index is 11.1. The molecule has 3 nitrogen and oxygen atoms in total. The van der Waals surface area contributed by atoms with Crippen molar-refractivity contribution >= 4 is 6.16 Å². The number of rotatable bonds is 3. The van der Waals surface area contributed by atoms with Crippen molar-refractivity contribution in [1.29, 1.82) is 0 Å². The van der Waals surface area contributed by atoms with Crippen LogP contribution in [-0.2, 0) is 9.47 Å². The first-order valence-corrected chi connectivity index (χ1v) is 5.08. The Morgan fingerprint density at radius 1 is 1.50 bits per heavy atom. The summed E-state index contributed by atoms with van der Waals surface area (Å²) in [4.78, 5) is 11.1. The van der Waals surface area contributed by atoms with Crippen LogP contribution in [0.2, 0.25) is 0 Å². The second-order valence-electron chi connectivity index (χ2n) is 3.17. The third-order valence-electron chi connectivity index (χ3n) is 2.09. The zero-order valence-corrected chi connectivity index (χ0v) is 9.40. The Morgan fingerprint density at radius 2 is 2.19 bits per heavy atom. The minimum atomic E-state index is -0.679. The van der Waals surface area contributed by atoms with Gasteiger partial charge in [0, 0.05) is 11.1 Å². The highest BCUT2D eigenvalue weighted by Crippen LogP contribution is 2.20. The fraction of sp³-hybridized carbons (Fsp3) is 0.308. The topological polar surface area (TPSA) is 35.5 Å². The smallest absolute Gasteiger partial charge is 0.435 e. The van der Waals surface area contributed by atoms with Gasteiger partial charge < -0.3 is 9.47 Å². The molecule has 0 radical (unpaired) electrons. The minimum absolute atomic E-state index is 0.294. The molecule has 0 aliphatic rings. The highest BCUT2D eigenvalue weighted by Gasteiger charge is 2.14. The Hall–Kier alpha value is -1.95. The molecule has 0 saturated heterocycles. The molecule has 1 unspecified atom stereocenters. The third-order valence-corrected chi connectivity index (χ3v) is 2.09. The van der Waals surface area contributed by atoms with E-state index in [0.717, 1.165) is 11.1 Å². The molecule has 0 N–H and O–H groups in total. The molecule has 0 aliphatic carbocycles. The van der Waals surface area contributed by atoms with Crippen molar-refractivity contribution in [3.05, 3.63) is 35.4 Å². The Morgan fingerprint density at radius 3 is 2.81 bits per heavy atom. The van der Waals surface area contributed by atoms with Crippen LogP contribution < -0.4 is 0 Å². The van der Waals surface area contributed by atoms with E-state index in [2.05, 4.69) is 5.92 Å². The lowest BCUT2D eigenvalue weighted by atomic mass is 10.0. The average Bonchev–Trinajstić information content (AvgIpc) is 2.29. The SMILES string of the molecule is C#Cc1ccccc1C(C)OC(=O)OCC. The van der Waals surface area contributed by atoms with E-state index in [4.69, 9.17) is 15.9 Å². The van der Waals surface area contributed by atoms with Crippen LogP contribution in [0.5, 0.6) is 0 Å². The summed E-state index contributed by atoms with van der Waals surface area (Å²) in [5.74, 6) is 2.55. The molecule has 0 amide bonds. The van der Waals surface area contributed by atoms with Gasteiger partial charge in [-0.25, -0.2) is 4.79 Å². The first-order chi connectivity index (χ1) is 7.69. The zero-order chi connectivity index (χ0) is 12.0. The second-order valence-corrected chi connectivity index (χ2v) is 3.17. The number of hydrogen-bond donors (Lipinski definition) is 0. The van der Waals surface area contributed by atoms with Gasteiger partial charge in [0.2, 0.25) is 0 Å². The van der Waals surface area contributed by atoms with Crippen LogP contribution in [0.15, 0.2) is 24.3 Å². The molecule has 1 atom stereocenters. The van der Waals surface area contributed by atoms with Crippen LogP contribution in [0.3, 0.4) is 0 Å². The van der Waals surface area contributed by atoms with E-state index in [9.17, 15) is 4.79 Å². The van der Waals surface area contributed by atoms with Crippen LogP contribution in [0.1, 0.15) is 31.1 Å². The monoisotopic (exact) mass is 218 g/mol. The Bertz CT molecular complexity index is 404. The van der Waals surface area contributed by atoms with Gasteiger partial charge in [0.1, 0.15) is 6.10 Å². The van der Waals surface area contributed by atoms with Crippen molar-refractivity contribution in [1.82, 2.24) is 0 Å². The van der Waals surface area contributed by atoms with E-state index in [1.54, 1.807) is 19.9 Å². The molecule has 0 aromatic heterocycles. The van der Waals surface area contributed by atoms with Crippen molar-refractivity contribution in [3.8, 4) is 12.3 Å². The third kappa shape index (κ3) is 3.03. The highest BCUT2D eigenvalue weighted by atomic mass is 16.7. The van der Waals surface area contributed by atoms with Gasteiger partial charge in [-0.05, 0) is 19.9 Å².